The summed E-state index contributed by atoms with van der Waals surface area (Å²) in [5.74, 6) is -1.27. The Labute approximate surface area is 99.5 Å². The maximum Gasteiger partial charge on any atom is 0.150 e. The van der Waals surface area contributed by atoms with Gasteiger partial charge in [-0.15, -0.1) is 0 Å². The van der Waals surface area contributed by atoms with Gasteiger partial charge in [-0.25, -0.2) is 8.78 Å². The highest BCUT2D eigenvalue weighted by Gasteiger charge is 2.28. The van der Waals surface area contributed by atoms with E-state index >= 15 is 0 Å². The fourth-order valence-corrected chi connectivity index (χ4v) is 2.46. The Kier molecular flexibility index (Phi) is 3.28. The molecule has 1 aliphatic heterocycles. The first kappa shape index (κ1) is 11.8. The molecule has 90 valence electrons. The van der Waals surface area contributed by atoms with Crippen molar-refractivity contribution in [1.82, 2.24) is 0 Å². The van der Waals surface area contributed by atoms with Gasteiger partial charge in [0.25, 0.3) is 0 Å². The third-order valence-corrected chi connectivity index (χ3v) is 3.28. The third-order valence-electron chi connectivity index (χ3n) is 3.28. The zero-order chi connectivity index (χ0) is 12.4. The fraction of sp³-hybridized carbons (Fsp3) is 0.462. The molecule has 0 amide bonds. The molecule has 0 spiro atoms. The van der Waals surface area contributed by atoms with Crippen LogP contribution in [0.4, 0.5) is 14.5 Å². The molecule has 0 radical (unpaired) electrons. The van der Waals surface area contributed by atoms with E-state index < -0.39 is 11.6 Å². The molecular formula is C13H14F2N2. The minimum Gasteiger partial charge on any atom is -0.364 e. The summed E-state index contributed by atoms with van der Waals surface area (Å²) >= 11 is 0. The summed E-state index contributed by atoms with van der Waals surface area (Å²) < 4.78 is 27.7. The number of rotatable bonds is 2. The summed E-state index contributed by atoms with van der Waals surface area (Å²) in [6.45, 7) is 2.70. The first-order chi connectivity index (χ1) is 8.17. The van der Waals surface area contributed by atoms with Gasteiger partial charge in [-0.1, -0.05) is 6.92 Å². The third kappa shape index (κ3) is 2.10. The van der Waals surface area contributed by atoms with Gasteiger partial charge in [0.2, 0.25) is 0 Å². The maximum atomic E-state index is 13.8. The zero-order valence-corrected chi connectivity index (χ0v) is 9.71. The van der Waals surface area contributed by atoms with Crippen LogP contribution in [-0.2, 0) is 0 Å². The zero-order valence-electron chi connectivity index (χ0n) is 9.71. The summed E-state index contributed by atoms with van der Waals surface area (Å²) in [7, 11) is 0. The van der Waals surface area contributed by atoms with E-state index in [0.29, 0.717) is 6.54 Å². The molecular weight excluding hydrogens is 222 g/mol. The topological polar surface area (TPSA) is 27.0 Å². The van der Waals surface area contributed by atoms with E-state index in [9.17, 15) is 8.78 Å². The first-order valence-corrected chi connectivity index (χ1v) is 5.83. The van der Waals surface area contributed by atoms with Crippen molar-refractivity contribution in [3.63, 3.8) is 0 Å². The van der Waals surface area contributed by atoms with E-state index in [1.807, 2.05) is 6.92 Å². The number of anilines is 1. The smallest absolute Gasteiger partial charge is 0.150 e. The highest BCUT2D eigenvalue weighted by atomic mass is 19.1. The average molecular weight is 236 g/mol. The van der Waals surface area contributed by atoms with E-state index in [2.05, 4.69) is 0 Å². The second-order valence-corrected chi connectivity index (χ2v) is 4.30. The van der Waals surface area contributed by atoms with E-state index in [1.165, 1.54) is 0 Å². The summed E-state index contributed by atoms with van der Waals surface area (Å²) in [5, 5.41) is 8.64. The lowest BCUT2D eigenvalue weighted by atomic mass is 10.1. The van der Waals surface area contributed by atoms with E-state index in [4.69, 9.17) is 5.26 Å². The van der Waals surface area contributed by atoms with Gasteiger partial charge in [0.1, 0.15) is 5.69 Å². The summed E-state index contributed by atoms with van der Waals surface area (Å²) in [6.07, 6.45) is 2.80. The van der Waals surface area contributed by atoms with Gasteiger partial charge in [0, 0.05) is 12.6 Å². The van der Waals surface area contributed by atoms with Gasteiger partial charge in [-0.3, -0.25) is 0 Å². The van der Waals surface area contributed by atoms with Crippen molar-refractivity contribution in [3.8, 4) is 6.07 Å². The van der Waals surface area contributed by atoms with Crippen molar-refractivity contribution in [3.05, 3.63) is 29.3 Å². The van der Waals surface area contributed by atoms with Crippen LogP contribution in [0.5, 0.6) is 0 Å². The molecule has 1 atom stereocenters. The normalized spacial score (nSPS) is 19.4. The van der Waals surface area contributed by atoms with Crippen LogP contribution in [0, 0.1) is 23.0 Å². The van der Waals surface area contributed by atoms with Crippen molar-refractivity contribution < 1.29 is 8.78 Å². The molecule has 1 aromatic carbocycles. The number of halogens is 2. The lowest BCUT2D eigenvalue weighted by molar-refractivity contribution is 0.556. The van der Waals surface area contributed by atoms with Crippen LogP contribution in [0.2, 0.25) is 0 Å². The van der Waals surface area contributed by atoms with Crippen LogP contribution in [0.1, 0.15) is 31.7 Å². The van der Waals surface area contributed by atoms with Gasteiger partial charge in [0.05, 0.1) is 11.6 Å². The molecule has 2 rings (SSSR count). The van der Waals surface area contributed by atoms with Crippen LogP contribution in [0.3, 0.4) is 0 Å². The summed E-state index contributed by atoms with van der Waals surface area (Å²) in [6, 6.07) is 4.16. The Hall–Kier alpha value is -1.63. The lowest BCUT2D eigenvalue weighted by Gasteiger charge is -2.26. The highest BCUT2D eigenvalue weighted by Crippen LogP contribution is 2.32. The largest absolute Gasteiger partial charge is 0.364 e. The van der Waals surface area contributed by atoms with Gasteiger partial charge >= 0.3 is 0 Å². The molecule has 1 saturated heterocycles. The Morgan fingerprint density at radius 1 is 1.41 bits per heavy atom. The number of nitriles is 1. The van der Waals surface area contributed by atoms with Crippen molar-refractivity contribution in [2.24, 2.45) is 0 Å². The fourth-order valence-electron chi connectivity index (χ4n) is 2.46. The predicted molar refractivity (Wildman–Crippen MR) is 61.7 cm³/mol. The molecule has 0 bridgehead atoms. The average Bonchev–Trinajstić information content (AvgIpc) is 2.76. The van der Waals surface area contributed by atoms with Crippen molar-refractivity contribution >= 4 is 5.69 Å². The molecule has 0 N–H and O–H groups in total. The minimum atomic E-state index is -0.637. The second kappa shape index (κ2) is 4.70. The van der Waals surface area contributed by atoms with Gasteiger partial charge in [-0.05, 0) is 31.4 Å². The number of hydrogen-bond acceptors (Lipinski definition) is 2. The van der Waals surface area contributed by atoms with Crippen LogP contribution >= 0.6 is 0 Å². The molecule has 0 saturated carbocycles. The standard InChI is InChI=1S/C13H14F2N2/c1-2-10-4-3-5-17(10)13-11(14)6-9(8-16)7-12(13)15/h6-7,10H,2-5H2,1H3. The van der Waals surface area contributed by atoms with Crippen molar-refractivity contribution in [2.75, 3.05) is 11.4 Å². The van der Waals surface area contributed by atoms with Crippen molar-refractivity contribution in [2.45, 2.75) is 32.2 Å². The number of benzene rings is 1. The molecule has 2 nitrogen and oxygen atoms in total. The molecule has 1 heterocycles. The van der Waals surface area contributed by atoms with Crippen LogP contribution in [-0.4, -0.2) is 12.6 Å². The van der Waals surface area contributed by atoms with E-state index in [-0.39, 0.29) is 17.3 Å². The number of nitrogens with zero attached hydrogens (tertiary/aromatic N) is 2. The van der Waals surface area contributed by atoms with E-state index in [0.717, 1.165) is 31.4 Å². The molecule has 1 unspecified atom stereocenters. The minimum absolute atomic E-state index is 0.0216. The molecule has 4 heteroatoms. The molecule has 1 aromatic rings. The monoisotopic (exact) mass is 236 g/mol. The Bertz CT molecular complexity index is 442. The van der Waals surface area contributed by atoms with Crippen molar-refractivity contribution in [1.29, 1.82) is 5.26 Å². The number of hydrogen-bond donors (Lipinski definition) is 0. The van der Waals surface area contributed by atoms with Gasteiger partial charge < -0.3 is 4.90 Å². The SMILES string of the molecule is CCC1CCCN1c1c(F)cc(C#N)cc1F. The Morgan fingerprint density at radius 2 is 2.06 bits per heavy atom. The van der Waals surface area contributed by atoms with Crippen LogP contribution in [0.25, 0.3) is 0 Å². The molecule has 0 aliphatic carbocycles. The van der Waals surface area contributed by atoms with E-state index in [1.54, 1.807) is 11.0 Å². The van der Waals surface area contributed by atoms with Gasteiger partial charge in [-0.2, -0.15) is 5.26 Å². The van der Waals surface area contributed by atoms with Crippen LogP contribution in [0.15, 0.2) is 12.1 Å². The summed E-state index contributed by atoms with van der Waals surface area (Å²) in [4.78, 5) is 1.78. The maximum absolute atomic E-state index is 13.8. The van der Waals surface area contributed by atoms with Gasteiger partial charge in [0.15, 0.2) is 11.6 Å². The molecule has 1 aliphatic rings. The molecule has 1 fully saturated rings. The highest BCUT2D eigenvalue weighted by molar-refractivity contribution is 5.54. The predicted octanol–water partition coefficient (Wildman–Crippen LogP) is 3.22. The second-order valence-electron chi connectivity index (χ2n) is 4.30. The Balaban J connectivity index is 2.42. The Morgan fingerprint density at radius 3 is 2.59 bits per heavy atom. The quantitative estimate of drug-likeness (QED) is 0.788. The molecule has 17 heavy (non-hydrogen) atoms. The summed E-state index contributed by atoms with van der Waals surface area (Å²) in [5.41, 5.74) is 0.0457. The lowest BCUT2D eigenvalue weighted by Crippen LogP contribution is -2.30. The first-order valence-electron chi connectivity index (χ1n) is 5.83. The van der Waals surface area contributed by atoms with Crippen LogP contribution < -0.4 is 4.90 Å². The molecule has 0 aromatic heterocycles.